The second kappa shape index (κ2) is 8.06. The van der Waals surface area contributed by atoms with Crippen LogP contribution in [0, 0.1) is 0 Å². The maximum absolute atomic E-state index is 6.44. The maximum atomic E-state index is 6.44. The standard InChI is InChI=1S/C37H24O/c1-3-12-26(13-4-1)37(27-14-5-2-6-15-27)33-20-9-7-16-29(33)30-23-22-25(24-34(30)37)28-18-11-19-32-31-17-8-10-21-35(31)38-36(28)32/h1-24H. The van der Waals surface area contributed by atoms with Crippen LogP contribution in [0.3, 0.4) is 0 Å². The molecule has 178 valence electrons. The lowest BCUT2D eigenvalue weighted by Gasteiger charge is -2.34. The molecule has 0 unspecified atom stereocenters. The van der Waals surface area contributed by atoms with Gasteiger partial charge in [-0.15, -0.1) is 0 Å². The van der Waals surface area contributed by atoms with Gasteiger partial charge in [-0.3, -0.25) is 0 Å². The van der Waals surface area contributed by atoms with Crippen LogP contribution in [0.5, 0.6) is 0 Å². The Labute approximate surface area is 221 Å². The van der Waals surface area contributed by atoms with Crippen LogP contribution < -0.4 is 0 Å². The van der Waals surface area contributed by atoms with Crippen molar-refractivity contribution in [2.75, 3.05) is 0 Å². The third kappa shape index (κ3) is 2.82. The van der Waals surface area contributed by atoms with E-state index in [-0.39, 0.29) is 0 Å². The fourth-order valence-electron chi connectivity index (χ4n) is 6.59. The molecule has 6 aromatic carbocycles. The van der Waals surface area contributed by atoms with Gasteiger partial charge in [0.05, 0.1) is 5.41 Å². The number of rotatable bonds is 3. The van der Waals surface area contributed by atoms with Gasteiger partial charge in [-0.1, -0.05) is 133 Å². The zero-order valence-corrected chi connectivity index (χ0v) is 20.8. The summed E-state index contributed by atoms with van der Waals surface area (Å²) in [5.41, 5.74) is 11.5. The molecule has 0 saturated heterocycles. The van der Waals surface area contributed by atoms with Crippen LogP contribution in [0.25, 0.3) is 44.2 Å². The van der Waals surface area contributed by atoms with Gasteiger partial charge in [0.25, 0.3) is 0 Å². The SMILES string of the molecule is c1ccc(C2(c3ccccc3)c3ccccc3-c3ccc(-c4cccc5c4oc4ccccc45)cc32)cc1. The second-order valence-corrected chi connectivity index (χ2v) is 10.1. The Kier molecular flexibility index (Phi) is 4.50. The molecule has 0 atom stereocenters. The Hall–Kier alpha value is -4.88. The summed E-state index contributed by atoms with van der Waals surface area (Å²) in [5, 5.41) is 2.31. The molecule has 8 rings (SSSR count). The van der Waals surface area contributed by atoms with E-state index >= 15 is 0 Å². The Bertz CT molecular complexity index is 1920. The molecule has 0 amide bonds. The molecule has 1 aromatic heterocycles. The third-order valence-electron chi connectivity index (χ3n) is 8.17. The molecule has 1 heterocycles. The summed E-state index contributed by atoms with van der Waals surface area (Å²) in [6, 6.07) is 52.5. The maximum Gasteiger partial charge on any atom is 0.143 e. The molecule has 0 radical (unpaired) electrons. The van der Waals surface area contributed by atoms with E-state index in [1.807, 2.05) is 12.1 Å². The minimum absolute atomic E-state index is 0.410. The topological polar surface area (TPSA) is 13.1 Å². The third-order valence-corrected chi connectivity index (χ3v) is 8.17. The van der Waals surface area contributed by atoms with E-state index < -0.39 is 5.41 Å². The van der Waals surface area contributed by atoms with Crippen LogP contribution >= 0.6 is 0 Å². The van der Waals surface area contributed by atoms with Crippen molar-refractivity contribution >= 4 is 21.9 Å². The van der Waals surface area contributed by atoms with Crippen LogP contribution in [0.1, 0.15) is 22.3 Å². The van der Waals surface area contributed by atoms with Crippen LogP contribution in [0.15, 0.2) is 150 Å². The summed E-state index contributed by atoms with van der Waals surface area (Å²) in [7, 11) is 0. The lowest BCUT2D eigenvalue weighted by Crippen LogP contribution is -2.28. The van der Waals surface area contributed by atoms with Crippen molar-refractivity contribution in [1.82, 2.24) is 0 Å². The van der Waals surface area contributed by atoms with Gasteiger partial charge in [-0.2, -0.15) is 0 Å². The molecule has 1 aliphatic rings. The molecule has 0 spiro atoms. The van der Waals surface area contributed by atoms with Crippen molar-refractivity contribution in [3.8, 4) is 22.3 Å². The molecule has 0 saturated carbocycles. The van der Waals surface area contributed by atoms with Crippen molar-refractivity contribution in [2.24, 2.45) is 0 Å². The predicted molar refractivity (Wildman–Crippen MR) is 156 cm³/mol. The molecule has 38 heavy (non-hydrogen) atoms. The van der Waals surface area contributed by atoms with E-state index in [0.717, 1.165) is 33.1 Å². The first-order chi connectivity index (χ1) is 18.9. The van der Waals surface area contributed by atoms with Crippen molar-refractivity contribution in [3.63, 3.8) is 0 Å². The molecule has 1 heteroatoms. The average Bonchev–Trinajstić information content (AvgIpc) is 3.52. The molecule has 0 aliphatic heterocycles. The molecular weight excluding hydrogens is 460 g/mol. The number of benzene rings is 6. The van der Waals surface area contributed by atoms with Crippen LogP contribution in [0.2, 0.25) is 0 Å². The van der Waals surface area contributed by atoms with E-state index in [2.05, 4.69) is 133 Å². The van der Waals surface area contributed by atoms with E-state index in [1.165, 1.54) is 33.4 Å². The molecule has 0 fully saturated rings. The second-order valence-electron chi connectivity index (χ2n) is 10.1. The monoisotopic (exact) mass is 484 g/mol. The van der Waals surface area contributed by atoms with Gasteiger partial charge in [0.1, 0.15) is 11.2 Å². The molecule has 1 nitrogen and oxygen atoms in total. The van der Waals surface area contributed by atoms with Crippen LogP contribution in [-0.2, 0) is 5.41 Å². The largest absolute Gasteiger partial charge is 0.455 e. The van der Waals surface area contributed by atoms with Gasteiger partial charge in [0, 0.05) is 16.3 Å². The minimum atomic E-state index is -0.410. The summed E-state index contributed by atoms with van der Waals surface area (Å²) >= 11 is 0. The smallest absolute Gasteiger partial charge is 0.143 e. The van der Waals surface area contributed by atoms with Crippen LogP contribution in [-0.4, -0.2) is 0 Å². The first-order valence-electron chi connectivity index (χ1n) is 13.1. The molecule has 1 aliphatic carbocycles. The van der Waals surface area contributed by atoms with E-state index in [1.54, 1.807) is 0 Å². The van der Waals surface area contributed by atoms with E-state index in [0.29, 0.717) is 0 Å². The van der Waals surface area contributed by atoms with Crippen LogP contribution in [0.4, 0.5) is 0 Å². The fraction of sp³-hybridized carbons (Fsp3) is 0.0270. The highest BCUT2D eigenvalue weighted by Gasteiger charge is 2.46. The molecule has 0 N–H and O–H groups in total. The first-order valence-corrected chi connectivity index (χ1v) is 13.1. The summed E-state index contributed by atoms with van der Waals surface area (Å²) in [5.74, 6) is 0. The quantitative estimate of drug-likeness (QED) is 0.243. The highest BCUT2D eigenvalue weighted by molar-refractivity contribution is 6.09. The number of hydrogen-bond donors (Lipinski definition) is 0. The van der Waals surface area contributed by atoms with E-state index in [4.69, 9.17) is 4.42 Å². The van der Waals surface area contributed by atoms with Gasteiger partial charge in [-0.25, -0.2) is 0 Å². The van der Waals surface area contributed by atoms with Gasteiger partial charge in [0.15, 0.2) is 0 Å². The first kappa shape index (κ1) is 21.2. The lowest BCUT2D eigenvalue weighted by atomic mass is 9.67. The van der Waals surface area contributed by atoms with Crippen molar-refractivity contribution in [2.45, 2.75) is 5.41 Å². The normalized spacial score (nSPS) is 13.5. The average molecular weight is 485 g/mol. The highest BCUT2D eigenvalue weighted by atomic mass is 16.3. The fourth-order valence-corrected chi connectivity index (χ4v) is 6.59. The summed E-state index contributed by atoms with van der Waals surface area (Å²) in [6.45, 7) is 0. The number of hydrogen-bond acceptors (Lipinski definition) is 1. The Morgan fingerprint density at radius 3 is 1.82 bits per heavy atom. The van der Waals surface area contributed by atoms with Gasteiger partial charge >= 0.3 is 0 Å². The number of furan rings is 1. The Balaban J connectivity index is 1.47. The molecule has 0 bridgehead atoms. The van der Waals surface area contributed by atoms with Gasteiger partial charge < -0.3 is 4.42 Å². The zero-order valence-electron chi connectivity index (χ0n) is 20.8. The summed E-state index contributed by atoms with van der Waals surface area (Å²) in [4.78, 5) is 0. The predicted octanol–water partition coefficient (Wildman–Crippen LogP) is 9.62. The van der Waals surface area contributed by atoms with Gasteiger partial charge in [-0.05, 0) is 51.1 Å². The molecular formula is C37H24O. The Morgan fingerprint density at radius 1 is 0.421 bits per heavy atom. The summed E-state index contributed by atoms with van der Waals surface area (Å²) in [6.07, 6.45) is 0. The molecule has 7 aromatic rings. The number of para-hydroxylation sites is 2. The zero-order chi connectivity index (χ0) is 25.1. The minimum Gasteiger partial charge on any atom is -0.455 e. The lowest BCUT2D eigenvalue weighted by molar-refractivity contribution is 0.670. The van der Waals surface area contributed by atoms with E-state index in [9.17, 15) is 0 Å². The van der Waals surface area contributed by atoms with Crippen molar-refractivity contribution < 1.29 is 4.42 Å². The van der Waals surface area contributed by atoms with Gasteiger partial charge in [0.2, 0.25) is 0 Å². The summed E-state index contributed by atoms with van der Waals surface area (Å²) < 4.78 is 6.44. The van der Waals surface area contributed by atoms with Crippen molar-refractivity contribution in [1.29, 1.82) is 0 Å². The highest BCUT2D eigenvalue weighted by Crippen LogP contribution is 2.56. The Morgan fingerprint density at radius 2 is 1.03 bits per heavy atom. The number of fused-ring (bicyclic) bond motifs is 6. The van der Waals surface area contributed by atoms with Crippen molar-refractivity contribution in [3.05, 3.63) is 168 Å².